The highest BCUT2D eigenvalue weighted by Crippen LogP contribution is 2.24. The molecule has 0 saturated heterocycles. The van der Waals surface area contributed by atoms with E-state index in [2.05, 4.69) is 35.1 Å². The van der Waals surface area contributed by atoms with Crippen LogP contribution in [0.2, 0.25) is 0 Å². The van der Waals surface area contributed by atoms with Gasteiger partial charge in [-0.15, -0.1) is 0 Å². The van der Waals surface area contributed by atoms with Crippen molar-refractivity contribution in [3.63, 3.8) is 0 Å². The van der Waals surface area contributed by atoms with Crippen LogP contribution in [-0.2, 0) is 0 Å². The molecule has 0 atom stereocenters. The first-order valence-corrected chi connectivity index (χ1v) is 5.95. The van der Waals surface area contributed by atoms with Gasteiger partial charge in [0.15, 0.2) is 0 Å². The molecular weight excluding hydrogens is 208 g/mol. The van der Waals surface area contributed by atoms with Crippen molar-refractivity contribution in [3.8, 4) is 0 Å². The Morgan fingerprint density at radius 2 is 1.53 bits per heavy atom. The first-order valence-electron chi connectivity index (χ1n) is 5.95. The second-order valence-corrected chi connectivity index (χ2v) is 3.67. The Hall–Kier alpha value is -1.96. The molecule has 0 aliphatic carbocycles. The molecule has 2 heterocycles. The maximum atomic E-state index is 4.41. The lowest BCUT2D eigenvalue weighted by atomic mass is 10.1. The van der Waals surface area contributed by atoms with Crippen LogP contribution in [0.25, 0.3) is 21.8 Å². The summed E-state index contributed by atoms with van der Waals surface area (Å²) >= 11 is 0. The van der Waals surface area contributed by atoms with Crippen molar-refractivity contribution in [2.45, 2.75) is 20.8 Å². The van der Waals surface area contributed by atoms with Crippen LogP contribution in [0, 0.1) is 6.92 Å². The van der Waals surface area contributed by atoms with Crippen LogP contribution < -0.4 is 0 Å². The smallest absolute Gasteiger partial charge is 0.0967 e. The Balaban J connectivity index is 0.000000514. The summed E-state index contributed by atoms with van der Waals surface area (Å²) in [5, 5.41) is 2.34. The number of benzene rings is 1. The molecule has 2 heteroatoms. The minimum absolute atomic E-state index is 0.985. The minimum Gasteiger partial charge on any atom is -0.254 e. The molecule has 1 aromatic carbocycles. The number of aromatic nitrogens is 2. The van der Waals surface area contributed by atoms with Crippen molar-refractivity contribution in [1.29, 1.82) is 0 Å². The van der Waals surface area contributed by atoms with Crippen LogP contribution >= 0.6 is 0 Å². The van der Waals surface area contributed by atoms with E-state index in [1.807, 2.05) is 38.4 Å². The zero-order valence-corrected chi connectivity index (χ0v) is 10.4. The molecule has 0 amide bonds. The van der Waals surface area contributed by atoms with Gasteiger partial charge in [0.05, 0.1) is 11.0 Å². The third kappa shape index (κ3) is 1.98. The van der Waals surface area contributed by atoms with Gasteiger partial charge in [-0.25, -0.2) is 0 Å². The number of aryl methyl sites for hydroxylation is 1. The fourth-order valence-corrected chi connectivity index (χ4v) is 1.96. The average molecular weight is 224 g/mol. The van der Waals surface area contributed by atoms with E-state index < -0.39 is 0 Å². The standard InChI is InChI=1S/C13H10N2.C2H6/c1-9-8-10-4-2-6-14-12(10)13-11(9)5-3-7-15-13;1-2/h2-8H,1H3;1-2H3. The van der Waals surface area contributed by atoms with Gasteiger partial charge >= 0.3 is 0 Å². The van der Waals surface area contributed by atoms with Crippen molar-refractivity contribution in [3.05, 3.63) is 48.3 Å². The molecule has 0 bridgehead atoms. The largest absolute Gasteiger partial charge is 0.254 e. The summed E-state index contributed by atoms with van der Waals surface area (Å²) in [6.45, 7) is 6.11. The van der Waals surface area contributed by atoms with Crippen LogP contribution in [0.15, 0.2) is 42.7 Å². The third-order valence-corrected chi connectivity index (χ3v) is 2.67. The van der Waals surface area contributed by atoms with E-state index in [0.29, 0.717) is 0 Å². The van der Waals surface area contributed by atoms with Gasteiger partial charge in [0.25, 0.3) is 0 Å². The van der Waals surface area contributed by atoms with Gasteiger partial charge in [-0.05, 0) is 30.7 Å². The van der Waals surface area contributed by atoms with Gasteiger partial charge in [-0.1, -0.05) is 26.0 Å². The summed E-state index contributed by atoms with van der Waals surface area (Å²) in [5.41, 5.74) is 3.23. The summed E-state index contributed by atoms with van der Waals surface area (Å²) in [6.07, 6.45) is 3.63. The lowest BCUT2D eigenvalue weighted by Crippen LogP contribution is -1.86. The molecule has 0 radical (unpaired) electrons. The van der Waals surface area contributed by atoms with Crippen molar-refractivity contribution in [2.24, 2.45) is 0 Å². The van der Waals surface area contributed by atoms with Gasteiger partial charge in [0, 0.05) is 23.2 Å². The number of pyridine rings is 2. The maximum absolute atomic E-state index is 4.41. The summed E-state index contributed by atoms with van der Waals surface area (Å²) in [4.78, 5) is 8.80. The molecule has 0 aliphatic heterocycles. The van der Waals surface area contributed by atoms with Crippen molar-refractivity contribution in [1.82, 2.24) is 9.97 Å². The second-order valence-electron chi connectivity index (χ2n) is 3.67. The highest BCUT2D eigenvalue weighted by Gasteiger charge is 2.04. The Bertz CT molecular complexity index is 645. The minimum atomic E-state index is 0.985. The highest BCUT2D eigenvalue weighted by atomic mass is 14.7. The molecule has 86 valence electrons. The van der Waals surface area contributed by atoms with Gasteiger partial charge in [-0.2, -0.15) is 0 Å². The maximum Gasteiger partial charge on any atom is 0.0967 e. The Morgan fingerprint density at radius 1 is 0.882 bits per heavy atom. The molecule has 3 rings (SSSR count). The Morgan fingerprint density at radius 3 is 2.29 bits per heavy atom. The number of hydrogen-bond donors (Lipinski definition) is 0. The van der Waals surface area contributed by atoms with Gasteiger partial charge < -0.3 is 0 Å². The van der Waals surface area contributed by atoms with Gasteiger partial charge in [0.2, 0.25) is 0 Å². The van der Waals surface area contributed by atoms with E-state index in [4.69, 9.17) is 0 Å². The SMILES string of the molecule is CC.Cc1cc2cccnc2c2ncccc12. The summed E-state index contributed by atoms with van der Waals surface area (Å²) in [5.74, 6) is 0. The number of hydrogen-bond acceptors (Lipinski definition) is 2. The lowest BCUT2D eigenvalue weighted by Gasteiger charge is -2.04. The number of nitrogens with zero attached hydrogens (tertiary/aromatic N) is 2. The summed E-state index contributed by atoms with van der Waals surface area (Å²) in [7, 11) is 0. The Labute approximate surface area is 101 Å². The van der Waals surface area contributed by atoms with Crippen molar-refractivity contribution < 1.29 is 0 Å². The van der Waals surface area contributed by atoms with Crippen LogP contribution in [0.1, 0.15) is 19.4 Å². The first kappa shape index (κ1) is 11.5. The van der Waals surface area contributed by atoms with Crippen LogP contribution in [0.4, 0.5) is 0 Å². The molecule has 3 aromatic rings. The van der Waals surface area contributed by atoms with E-state index in [1.54, 1.807) is 0 Å². The molecule has 0 unspecified atom stereocenters. The predicted octanol–water partition coefficient (Wildman–Crippen LogP) is 4.12. The van der Waals surface area contributed by atoms with E-state index in [-0.39, 0.29) is 0 Å². The van der Waals surface area contributed by atoms with Crippen LogP contribution in [0.3, 0.4) is 0 Å². The van der Waals surface area contributed by atoms with Crippen LogP contribution in [-0.4, -0.2) is 9.97 Å². The highest BCUT2D eigenvalue weighted by molar-refractivity contribution is 6.04. The second kappa shape index (κ2) is 4.91. The molecular formula is C15H16N2. The van der Waals surface area contributed by atoms with Gasteiger partial charge in [0.1, 0.15) is 0 Å². The molecule has 2 nitrogen and oxygen atoms in total. The first-order chi connectivity index (χ1) is 8.36. The molecule has 2 aromatic heterocycles. The number of fused-ring (bicyclic) bond motifs is 3. The number of rotatable bonds is 0. The quantitative estimate of drug-likeness (QED) is 0.537. The normalized spacial score (nSPS) is 10.1. The molecule has 0 fully saturated rings. The molecule has 17 heavy (non-hydrogen) atoms. The Kier molecular flexibility index (Phi) is 3.33. The van der Waals surface area contributed by atoms with E-state index in [1.165, 1.54) is 10.9 Å². The lowest BCUT2D eigenvalue weighted by molar-refractivity contribution is 1.36. The fourth-order valence-electron chi connectivity index (χ4n) is 1.96. The molecule has 0 spiro atoms. The van der Waals surface area contributed by atoms with E-state index >= 15 is 0 Å². The average Bonchev–Trinajstić information content (AvgIpc) is 2.42. The zero-order valence-electron chi connectivity index (χ0n) is 10.4. The molecule has 0 N–H and O–H groups in total. The monoisotopic (exact) mass is 224 g/mol. The third-order valence-electron chi connectivity index (χ3n) is 2.67. The molecule has 0 aliphatic rings. The van der Waals surface area contributed by atoms with Crippen LogP contribution in [0.5, 0.6) is 0 Å². The fraction of sp³-hybridized carbons (Fsp3) is 0.200. The predicted molar refractivity (Wildman–Crippen MR) is 73.1 cm³/mol. The summed E-state index contributed by atoms with van der Waals surface area (Å²) < 4.78 is 0. The van der Waals surface area contributed by atoms with Crippen molar-refractivity contribution in [2.75, 3.05) is 0 Å². The van der Waals surface area contributed by atoms with Gasteiger partial charge in [-0.3, -0.25) is 9.97 Å². The van der Waals surface area contributed by atoms with E-state index in [9.17, 15) is 0 Å². The molecule has 0 saturated carbocycles. The topological polar surface area (TPSA) is 25.8 Å². The van der Waals surface area contributed by atoms with E-state index in [0.717, 1.165) is 16.4 Å². The zero-order chi connectivity index (χ0) is 12.3. The summed E-state index contributed by atoms with van der Waals surface area (Å²) in [6, 6.07) is 10.2. The van der Waals surface area contributed by atoms with Crippen molar-refractivity contribution >= 4 is 21.8 Å².